The fourth-order valence-electron chi connectivity index (χ4n) is 3.57. The maximum absolute atomic E-state index is 12.5. The summed E-state index contributed by atoms with van der Waals surface area (Å²) in [6.45, 7) is 7.39. The van der Waals surface area contributed by atoms with Gasteiger partial charge in [0.2, 0.25) is 5.91 Å². The highest BCUT2D eigenvalue weighted by molar-refractivity contribution is 6.21. The van der Waals surface area contributed by atoms with Gasteiger partial charge in [0.05, 0.1) is 17.7 Å². The number of hydrogen-bond acceptors (Lipinski definition) is 4. The van der Waals surface area contributed by atoms with Crippen molar-refractivity contribution >= 4 is 17.7 Å². The van der Waals surface area contributed by atoms with Gasteiger partial charge in [-0.1, -0.05) is 26.0 Å². The zero-order valence-electron chi connectivity index (χ0n) is 15.5. The molecule has 0 aromatic heterocycles. The van der Waals surface area contributed by atoms with Crippen LogP contribution in [0.25, 0.3) is 0 Å². The van der Waals surface area contributed by atoms with Crippen molar-refractivity contribution in [3.05, 3.63) is 35.4 Å². The van der Waals surface area contributed by atoms with Crippen molar-refractivity contribution in [2.75, 3.05) is 32.7 Å². The van der Waals surface area contributed by atoms with Gasteiger partial charge < -0.3 is 5.32 Å². The van der Waals surface area contributed by atoms with Crippen LogP contribution in [0.4, 0.5) is 0 Å². The molecule has 1 fully saturated rings. The number of fused-ring (bicyclic) bond motifs is 1. The smallest absolute Gasteiger partial charge is 0.261 e. The Hall–Kier alpha value is -2.21. The first kappa shape index (κ1) is 18.6. The van der Waals surface area contributed by atoms with E-state index in [2.05, 4.69) is 24.1 Å². The van der Waals surface area contributed by atoms with E-state index in [9.17, 15) is 14.4 Å². The third-order valence-electron chi connectivity index (χ3n) is 5.10. The molecule has 0 spiro atoms. The number of nitrogens with one attached hydrogen (secondary N) is 1. The summed E-state index contributed by atoms with van der Waals surface area (Å²) in [5.74, 6) is 0.455. The summed E-state index contributed by atoms with van der Waals surface area (Å²) in [5, 5.41) is 2.94. The lowest BCUT2D eigenvalue weighted by atomic mass is 9.96. The van der Waals surface area contributed by atoms with Gasteiger partial charge in [-0.3, -0.25) is 24.2 Å². The molecule has 140 valence electrons. The molecule has 6 nitrogen and oxygen atoms in total. The van der Waals surface area contributed by atoms with E-state index in [0.717, 1.165) is 25.9 Å². The minimum atomic E-state index is -0.180. The Balaban J connectivity index is 1.47. The fourth-order valence-corrected chi connectivity index (χ4v) is 3.57. The van der Waals surface area contributed by atoms with Crippen LogP contribution in [0.5, 0.6) is 0 Å². The molecular formula is C20H27N3O3. The van der Waals surface area contributed by atoms with E-state index in [-0.39, 0.29) is 17.7 Å². The lowest BCUT2D eigenvalue weighted by Gasteiger charge is -2.33. The van der Waals surface area contributed by atoms with Crippen LogP contribution in [-0.2, 0) is 4.79 Å². The summed E-state index contributed by atoms with van der Waals surface area (Å²) in [6, 6.07) is 7.01. The summed E-state index contributed by atoms with van der Waals surface area (Å²) >= 11 is 0. The zero-order valence-corrected chi connectivity index (χ0v) is 15.5. The molecule has 2 aliphatic heterocycles. The van der Waals surface area contributed by atoms with Gasteiger partial charge in [0.1, 0.15) is 0 Å². The van der Waals surface area contributed by atoms with E-state index >= 15 is 0 Å². The van der Waals surface area contributed by atoms with Crippen molar-refractivity contribution in [3.63, 3.8) is 0 Å². The van der Waals surface area contributed by atoms with Crippen molar-refractivity contribution in [3.8, 4) is 0 Å². The first-order valence-electron chi connectivity index (χ1n) is 9.40. The van der Waals surface area contributed by atoms with Crippen molar-refractivity contribution in [1.29, 1.82) is 0 Å². The minimum Gasteiger partial charge on any atom is -0.355 e. The second-order valence-corrected chi connectivity index (χ2v) is 7.68. The van der Waals surface area contributed by atoms with Crippen LogP contribution in [-0.4, -0.2) is 60.2 Å². The Morgan fingerprint density at radius 1 is 1.12 bits per heavy atom. The van der Waals surface area contributed by atoms with Gasteiger partial charge in [-0.25, -0.2) is 0 Å². The highest BCUT2D eigenvalue weighted by Crippen LogP contribution is 2.26. The van der Waals surface area contributed by atoms with E-state index in [0.29, 0.717) is 42.6 Å². The normalized spacial score (nSPS) is 18.5. The predicted octanol–water partition coefficient (Wildman–Crippen LogP) is 1.77. The highest BCUT2D eigenvalue weighted by Gasteiger charge is 2.36. The SMILES string of the molecule is CC(C)CNC(=O)CN1CCC(CN2C(=O)c3ccccc3C2=O)CC1. The zero-order chi connectivity index (χ0) is 18.7. The lowest BCUT2D eigenvalue weighted by molar-refractivity contribution is -0.122. The molecule has 2 heterocycles. The molecule has 3 amide bonds. The molecule has 1 N–H and O–H groups in total. The van der Waals surface area contributed by atoms with Crippen LogP contribution in [0.15, 0.2) is 24.3 Å². The van der Waals surface area contributed by atoms with Gasteiger partial charge in [-0.05, 0) is 49.9 Å². The number of hydrogen-bond donors (Lipinski definition) is 1. The standard InChI is InChI=1S/C20H27N3O3/c1-14(2)11-21-18(24)13-22-9-7-15(8-10-22)12-23-19(25)16-5-3-4-6-17(16)20(23)26/h3-6,14-15H,7-13H2,1-2H3,(H,21,24). The third kappa shape index (κ3) is 4.12. The molecule has 0 radical (unpaired) electrons. The van der Waals surface area contributed by atoms with Gasteiger partial charge in [-0.15, -0.1) is 0 Å². The molecule has 2 aliphatic rings. The van der Waals surface area contributed by atoms with E-state index in [1.807, 2.05) is 0 Å². The first-order valence-corrected chi connectivity index (χ1v) is 9.40. The summed E-state index contributed by atoms with van der Waals surface area (Å²) in [6.07, 6.45) is 1.79. The average Bonchev–Trinajstić information content (AvgIpc) is 2.87. The number of piperidine rings is 1. The summed E-state index contributed by atoms with van der Waals surface area (Å²) in [7, 11) is 0. The van der Waals surface area contributed by atoms with Gasteiger partial charge >= 0.3 is 0 Å². The number of imide groups is 1. The van der Waals surface area contributed by atoms with Gasteiger partial charge in [0.25, 0.3) is 11.8 Å². The molecule has 0 unspecified atom stereocenters. The molecule has 1 aromatic rings. The van der Waals surface area contributed by atoms with Crippen molar-refractivity contribution in [2.24, 2.45) is 11.8 Å². The fraction of sp³-hybridized carbons (Fsp3) is 0.550. The molecule has 1 saturated heterocycles. The van der Waals surface area contributed by atoms with Crippen molar-refractivity contribution < 1.29 is 14.4 Å². The van der Waals surface area contributed by atoms with Crippen LogP contribution in [0.1, 0.15) is 47.4 Å². The molecule has 1 aromatic carbocycles. The van der Waals surface area contributed by atoms with E-state index in [4.69, 9.17) is 0 Å². The summed E-state index contributed by atoms with van der Waals surface area (Å²) in [4.78, 5) is 40.4. The third-order valence-corrected chi connectivity index (χ3v) is 5.10. The Morgan fingerprint density at radius 2 is 1.69 bits per heavy atom. The molecule has 0 bridgehead atoms. The predicted molar refractivity (Wildman–Crippen MR) is 98.8 cm³/mol. The summed E-state index contributed by atoms with van der Waals surface area (Å²) in [5.41, 5.74) is 1.02. The number of carbonyl (C=O) groups excluding carboxylic acids is 3. The largest absolute Gasteiger partial charge is 0.355 e. The van der Waals surface area contributed by atoms with E-state index in [1.165, 1.54) is 4.90 Å². The maximum atomic E-state index is 12.5. The number of likely N-dealkylation sites (tertiary alicyclic amines) is 1. The molecule has 26 heavy (non-hydrogen) atoms. The molecule has 0 aliphatic carbocycles. The van der Waals surface area contributed by atoms with Crippen LogP contribution < -0.4 is 5.32 Å². The number of rotatable bonds is 6. The van der Waals surface area contributed by atoms with E-state index < -0.39 is 0 Å². The van der Waals surface area contributed by atoms with Gasteiger partial charge in [0.15, 0.2) is 0 Å². The monoisotopic (exact) mass is 357 g/mol. The molecule has 3 rings (SSSR count). The topological polar surface area (TPSA) is 69.7 Å². The van der Waals surface area contributed by atoms with Crippen LogP contribution in [0.3, 0.4) is 0 Å². The lowest BCUT2D eigenvalue weighted by Crippen LogP contribution is -2.44. The molecule has 0 atom stereocenters. The quantitative estimate of drug-likeness (QED) is 0.788. The highest BCUT2D eigenvalue weighted by atomic mass is 16.2. The Morgan fingerprint density at radius 3 is 2.23 bits per heavy atom. The van der Waals surface area contributed by atoms with Crippen LogP contribution in [0, 0.1) is 11.8 Å². The molecular weight excluding hydrogens is 330 g/mol. The number of nitrogens with zero attached hydrogens (tertiary/aromatic N) is 2. The van der Waals surface area contributed by atoms with Gasteiger partial charge in [0, 0.05) is 13.1 Å². The Bertz CT molecular complexity index is 658. The van der Waals surface area contributed by atoms with Gasteiger partial charge in [-0.2, -0.15) is 0 Å². The number of benzene rings is 1. The Kier molecular flexibility index (Phi) is 5.71. The summed E-state index contributed by atoms with van der Waals surface area (Å²) < 4.78 is 0. The average molecular weight is 357 g/mol. The second-order valence-electron chi connectivity index (χ2n) is 7.68. The van der Waals surface area contributed by atoms with Crippen molar-refractivity contribution in [2.45, 2.75) is 26.7 Å². The first-order chi connectivity index (χ1) is 12.5. The number of carbonyl (C=O) groups is 3. The van der Waals surface area contributed by atoms with Crippen molar-refractivity contribution in [1.82, 2.24) is 15.1 Å². The second kappa shape index (κ2) is 7.99. The minimum absolute atomic E-state index is 0.0671. The molecule has 6 heteroatoms. The van der Waals surface area contributed by atoms with Crippen LogP contribution >= 0.6 is 0 Å². The van der Waals surface area contributed by atoms with E-state index in [1.54, 1.807) is 24.3 Å². The number of amides is 3. The maximum Gasteiger partial charge on any atom is 0.261 e. The van der Waals surface area contributed by atoms with Crippen LogP contribution in [0.2, 0.25) is 0 Å². The molecule has 0 saturated carbocycles. The Labute approximate surface area is 154 Å².